The maximum atomic E-state index is 13.0. The lowest BCUT2D eigenvalue weighted by molar-refractivity contribution is -0.134. The van der Waals surface area contributed by atoms with E-state index in [1.807, 2.05) is 46.2 Å². The van der Waals surface area contributed by atoms with Gasteiger partial charge in [0.25, 0.3) is 5.91 Å². The van der Waals surface area contributed by atoms with E-state index in [2.05, 4.69) is 62.6 Å². The Morgan fingerprint density at radius 3 is 2.41 bits per heavy atom. The van der Waals surface area contributed by atoms with Gasteiger partial charge in [-0.15, -0.1) is 0 Å². The summed E-state index contributed by atoms with van der Waals surface area (Å²) in [6, 6.07) is 18.3. The van der Waals surface area contributed by atoms with Gasteiger partial charge in [0.15, 0.2) is 6.61 Å². The lowest BCUT2D eigenvalue weighted by Crippen LogP contribution is -2.31. The summed E-state index contributed by atoms with van der Waals surface area (Å²) in [7, 11) is 0. The minimum absolute atomic E-state index is 0.0152. The van der Waals surface area contributed by atoms with Crippen LogP contribution in [0.25, 0.3) is 11.5 Å². The molecule has 1 aliphatic rings. The number of hydrogen-bond acceptors (Lipinski definition) is 3. The molecule has 0 atom stereocenters. The molecule has 2 aromatic heterocycles. The molecule has 3 heterocycles. The zero-order chi connectivity index (χ0) is 23.8. The molecule has 4 aromatic rings. The Morgan fingerprint density at radius 1 is 1.00 bits per heavy atom. The van der Waals surface area contributed by atoms with Gasteiger partial charge in [-0.25, -0.2) is 4.68 Å². The summed E-state index contributed by atoms with van der Waals surface area (Å²) in [6.45, 7) is 9.55. The number of amides is 1. The third kappa shape index (κ3) is 4.12. The molecule has 0 saturated carbocycles. The van der Waals surface area contributed by atoms with E-state index in [4.69, 9.17) is 9.84 Å². The second kappa shape index (κ2) is 8.86. The molecule has 6 nitrogen and oxygen atoms in total. The summed E-state index contributed by atoms with van der Waals surface area (Å²) in [4.78, 5) is 14.8. The predicted octanol–water partition coefficient (Wildman–Crippen LogP) is 5.32. The van der Waals surface area contributed by atoms with E-state index >= 15 is 0 Å². The molecule has 2 aromatic carbocycles. The molecule has 0 saturated heterocycles. The first-order valence-corrected chi connectivity index (χ1v) is 11.7. The van der Waals surface area contributed by atoms with Crippen LogP contribution in [-0.2, 0) is 17.9 Å². The van der Waals surface area contributed by atoms with Crippen molar-refractivity contribution in [2.75, 3.05) is 6.61 Å². The largest absolute Gasteiger partial charge is 0.484 e. The number of benzene rings is 2. The molecular weight excluding hydrogens is 424 g/mol. The molecule has 1 amide bonds. The van der Waals surface area contributed by atoms with Gasteiger partial charge in [0.2, 0.25) is 0 Å². The van der Waals surface area contributed by atoms with Crippen LogP contribution in [0.4, 0.5) is 0 Å². The van der Waals surface area contributed by atoms with Gasteiger partial charge in [-0.05, 0) is 72.9 Å². The third-order valence-electron chi connectivity index (χ3n) is 6.58. The van der Waals surface area contributed by atoms with Crippen LogP contribution in [0, 0.1) is 13.8 Å². The molecular formula is C28H30N4O2. The lowest BCUT2D eigenvalue weighted by Gasteiger charge is -2.18. The van der Waals surface area contributed by atoms with Gasteiger partial charge in [-0.2, -0.15) is 5.10 Å². The van der Waals surface area contributed by atoms with Crippen LogP contribution in [0.3, 0.4) is 0 Å². The highest BCUT2D eigenvalue weighted by atomic mass is 16.5. The quantitative estimate of drug-likeness (QED) is 0.396. The Bertz CT molecular complexity index is 1320. The number of ether oxygens (including phenoxy) is 1. The smallest absolute Gasteiger partial charge is 0.261 e. The molecule has 0 fully saturated rings. The van der Waals surface area contributed by atoms with Crippen LogP contribution in [0.1, 0.15) is 47.7 Å². The first kappa shape index (κ1) is 22.0. The number of hydrogen-bond donors (Lipinski definition) is 0. The zero-order valence-corrected chi connectivity index (χ0v) is 20.2. The average Bonchev–Trinajstić information content (AvgIpc) is 3.56. The standard InChI is InChI=1S/C28H30N4O2/c1-19(2)22-8-11-24(12-9-22)34-18-27(33)31-16-25-26(17-31)29-32(28(25)30-13-5-6-14-30)23-10-7-20(3)21(4)15-23/h5-15,19H,16-18H2,1-4H3. The van der Waals surface area contributed by atoms with E-state index in [0.717, 1.165) is 22.8 Å². The van der Waals surface area contributed by atoms with E-state index in [1.165, 1.54) is 16.7 Å². The number of carbonyl (C=O) groups excluding carboxylic acids is 1. The molecule has 0 unspecified atom stereocenters. The number of fused-ring (bicyclic) bond motifs is 1. The number of aromatic nitrogens is 3. The highest BCUT2D eigenvalue weighted by molar-refractivity contribution is 5.78. The van der Waals surface area contributed by atoms with Gasteiger partial charge in [-0.3, -0.25) is 4.79 Å². The molecule has 0 N–H and O–H groups in total. The first-order chi connectivity index (χ1) is 16.4. The van der Waals surface area contributed by atoms with Crippen LogP contribution in [-0.4, -0.2) is 31.8 Å². The van der Waals surface area contributed by atoms with Crippen LogP contribution >= 0.6 is 0 Å². The van der Waals surface area contributed by atoms with Gasteiger partial charge in [0.05, 0.1) is 24.5 Å². The molecule has 0 spiro atoms. The number of nitrogens with zero attached hydrogens (tertiary/aromatic N) is 4. The predicted molar refractivity (Wildman–Crippen MR) is 133 cm³/mol. The lowest BCUT2D eigenvalue weighted by atomic mass is 10.0. The van der Waals surface area contributed by atoms with Crippen LogP contribution in [0.2, 0.25) is 0 Å². The maximum Gasteiger partial charge on any atom is 0.261 e. The second-order valence-corrected chi connectivity index (χ2v) is 9.28. The van der Waals surface area contributed by atoms with Crippen molar-refractivity contribution < 1.29 is 9.53 Å². The topological polar surface area (TPSA) is 52.3 Å². The van der Waals surface area contributed by atoms with E-state index < -0.39 is 0 Å². The van der Waals surface area contributed by atoms with Gasteiger partial charge in [0.1, 0.15) is 11.6 Å². The fourth-order valence-corrected chi connectivity index (χ4v) is 4.34. The van der Waals surface area contributed by atoms with E-state index in [0.29, 0.717) is 24.8 Å². The molecule has 5 rings (SSSR count). The van der Waals surface area contributed by atoms with Crippen molar-refractivity contribution in [3.05, 3.63) is 94.9 Å². The number of carbonyl (C=O) groups is 1. The Kier molecular flexibility index (Phi) is 5.74. The fourth-order valence-electron chi connectivity index (χ4n) is 4.34. The fraction of sp³-hybridized carbons (Fsp3) is 0.286. The summed E-state index contributed by atoms with van der Waals surface area (Å²) in [5.74, 6) is 2.11. The Labute approximate surface area is 200 Å². The Balaban J connectivity index is 1.35. The number of rotatable bonds is 6. The van der Waals surface area contributed by atoms with Crippen LogP contribution in [0.15, 0.2) is 67.0 Å². The highest BCUT2D eigenvalue weighted by Gasteiger charge is 2.31. The van der Waals surface area contributed by atoms with Crippen molar-refractivity contribution in [1.29, 1.82) is 0 Å². The maximum absolute atomic E-state index is 13.0. The minimum atomic E-state index is -0.0397. The van der Waals surface area contributed by atoms with Crippen molar-refractivity contribution >= 4 is 5.91 Å². The van der Waals surface area contributed by atoms with E-state index in [9.17, 15) is 4.79 Å². The number of aryl methyl sites for hydroxylation is 2. The van der Waals surface area contributed by atoms with Crippen molar-refractivity contribution in [1.82, 2.24) is 19.2 Å². The average molecular weight is 455 g/mol. The summed E-state index contributed by atoms with van der Waals surface area (Å²) in [5.41, 5.74) is 6.75. The normalized spacial score (nSPS) is 12.9. The Hall–Kier alpha value is -3.80. The molecule has 34 heavy (non-hydrogen) atoms. The summed E-state index contributed by atoms with van der Waals surface area (Å²) in [5, 5.41) is 4.93. The third-order valence-corrected chi connectivity index (χ3v) is 6.58. The molecule has 174 valence electrons. The Morgan fingerprint density at radius 2 is 1.74 bits per heavy atom. The van der Waals surface area contributed by atoms with E-state index in [-0.39, 0.29) is 12.5 Å². The van der Waals surface area contributed by atoms with Gasteiger partial charge in [-0.1, -0.05) is 32.0 Å². The molecule has 1 aliphatic heterocycles. The van der Waals surface area contributed by atoms with Crippen LogP contribution in [0.5, 0.6) is 5.75 Å². The molecule has 6 heteroatoms. The molecule has 0 bridgehead atoms. The van der Waals surface area contributed by atoms with Crippen molar-refractivity contribution in [3.63, 3.8) is 0 Å². The monoisotopic (exact) mass is 454 g/mol. The van der Waals surface area contributed by atoms with Gasteiger partial charge in [0, 0.05) is 18.0 Å². The van der Waals surface area contributed by atoms with Gasteiger partial charge < -0.3 is 14.2 Å². The van der Waals surface area contributed by atoms with Crippen molar-refractivity contribution in [2.24, 2.45) is 0 Å². The van der Waals surface area contributed by atoms with Crippen molar-refractivity contribution in [2.45, 2.75) is 46.7 Å². The minimum Gasteiger partial charge on any atom is -0.484 e. The van der Waals surface area contributed by atoms with Crippen molar-refractivity contribution in [3.8, 4) is 17.3 Å². The molecule has 0 aliphatic carbocycles. The highest BCUT2D eigenvalue weighted by Crippen LogP contribution is 2.31. The summed E-state index contributed by atoms with van der Waals surface area (Å²) < 4.78 is 9.85. The van der Waals surface area contributed by atoms with Gasteiger partial charge >= 0.3 is 0 Å². The second-order valence-electron chi connectivity index (χ2n) is 9.28. The van der Waals surface area contributed by atoms with Crippen LogP contribution < -0.4 is 4.74 Å². The van der Waals surface area contributed by atoms with E-state index in [1.54, 1.807) is 0 Å². The first-order valence-electron chi connectivity index (χ1n) is 11.7. The molecule has 0 radical (unpaired) electrons. The summed E-state index contributed by atoms with van der Waals surface area (Å²) in [6.07, 6.45) is 4.03. The SMILES string of the molecule is Cc1ccc(-n2nc3c(c2-n2cccc2)CN(C(=O)COc2ccc(C(C)C)cc2)C3)cc1C. The zero-order valence-electron chi connectivity index (χ0n) is 20.2. The summed E-state index contributed by atoms with van der Waals surface area (Å²) >= 11 is 0.